The predicted octanol–water partition coefficient (Wildman–Crippen LogP) is 0.924. The van der Waals surface area contributed by atoms with Crippen molar-refractivity contribution in [3.63, 3.8) is 0 Å². The first-order valence-corrected chi connectivity index (χ1v) is 7.95. The van der Waals surface area contributed by atoms with Gasteiger partial charge in [0.2, 0.25) is 0 Å². The summed E-state index contributed by atoms with van der Waals surface area (Å²) < 4.78 is 11.4. The minimum atomic E-state index is -0.647. The second-order valence-corrected chi connectivity index (χ2v) is 6.38. The summed E-state index contributed by atoms with van der Waals surface area (Å²) >= 11 is 0. The van der Waals surface area contributed by atoms with Crippen molar-refractivity contribution >= 4 is 10.8 Å². The van der Waals surface area contributed by atoms with Crippen LogP contribution in [0.4, 0.5) is 0 Å². The Morgan fingerprint density at radius 2 is 2.22 bits per heavy atom. The Labute approximate surface area is 111 Å². The van der Waals surface area contributed by atoms with Gasteiger partial charge in [-0.25, -0.2) is 0 Å². The molecule has 0 aromatic carbocycles. The predicted molar refractivity (Wildman–Crippen MR) is 74.7 cm³/mol. The summed E-state index contributed by atoms with van der Waals surface area (Å²) in [7, 11) is -0.647. The van der Waals surface area contributed by atoms with E-state index in [2.05, 4.69) is 22.9 Å². The van der Waals surface area contributed by atoms with Gasteiger partial charge < -0.3 is 5.73 Å². The average molecular weight is 267 g/mol. The van der Waals surface area contributed by atoms with Crippen molar-refractivity contribution in [3.05, 3.63) is 30.1 Å². The molecule has 2 N–H and O–H groups in total. The molecule has 0 saturated carbocycles. The van der Waals surface area contributed by atoms with Crippen molar-refractivity contribution in [1.29, 1.82) is 0 Å². The number of nitrogens with zero attached hydrogens (tertiary/aromatic N) is 2. The molecule has 18 heavy (non-hydrogen) atoms. The lowest BCUT2D eigenvalue weighted by Gasteiger charge is -2.37. The molecule has 1 aromatic heterocycles. The van der Waals surface area contributed by atoms with E-state index in [9.17, 15) is 4.21 Å². The van der Waals surface area contributed by atoms with Crippen LogP contribution < -0.4 is 5.73 Å². The number of rotatable bonds is 4. The Balaban J connectivity index is 2.18. The first kappa shape index (κ1) is 13.6. The molecule has 1 fully saturated rings. The van der Waals surface area contributed by atoms with Crippen LogP contribution in [0.5, 0.6) is 0 Å². The minimum absolute atomic E-state index is 0.0979. The van der Waals surface area contributed by atoms with Gasteiger partial charge in [-0.05, 0) is 18.1 Å². The maximum Gasteiger partial charge on any atom is 0.0514 e. The molecule has 0 aliphatic carbocycles. The number of nitrogens with two attached hydrogens (primary N) is 1. The van der Waals surface area contributed by atoms with Crippen LogP contribution in [0.25, 0.3) is 0 Å². The van der Waals surface area contributed by atoms with Gasteiger partial charge in [0.25, 0.3) is 0 Å². The molecule has 2 heterocycles. The van der Waals surface area contributed by atoms with Gasteiger partial charge >= 0.3 is 0 Å². The lowest BCUT2D eigenvalue weighted by Crippen LogP contribution is -2.46. The fourth-order valence-corrected chi connectivity index (χ4v) is 3.51. The van der Waals surface area contributed by atoms with E-state index in [0.717, 1.165) is 31.0 Å². The van der Waals surface area contributed by atoms with Crippen molar-refractivity contribution in [3.8, 4) is 0 Å². The molecule has 0 spiro atoms. The molecule has 0 bridgehead atoms. The van der Waals surface area contributed by atoms with Crippen molar-refractivity contribution < 1.29 is 4.21 Å². The maximum atomic E-state index is 11.4. The second kappa shape index (κ2) is 6.41. The largest absolute Gasteiger partial charge is 0.326 e. The third-order valence-electron chi connectivity index (χ3n) is 3.51. The number of hydrogen-bond donors (Lipinski definition) is 1. The lowest BCUT2D eigenvalue weighted by atomic mass is 9.97. The lowest BCUT2D eigenvalue weighted by molar-refractivity contribution is 0.184. The summed E-state index contributed by atoms with van der Waals surface area (Å²) in [5.41, 5.74) is 7.44. The Kier molecular flexibility index (Phi) is 4.86. The van der Waals surface area contributed by atoms with Crippen molar-refractivity contribution in [1.82, 2.24) is 9.88 Å². The van der Waals surface area contributed by atoms with Crippen molar-refractivity contribution in [2.45, 2.75) is 25.4 Å². The van der Waals surface area contributed by atoms with Crippen LogP contribution in [-0.4, -0.2) is 44.7 Å². The summed E-state index contributed by atoms with van der Waals surface area (Å²) in [6, 6.07) is 4.33. The quantitative estimate of drug-likeness (QED) is 0.881. The molecule has 2 atom stereocenters. The zero-order chi connectivity index (χ0) is 13.0. The van der Waals surface area contributed by atoms with Gasteiger partial charge in [0.15, 0.2) is 0 Å². The zero-order valence-electron chi connectivity index (χ0n) is 10.8. The smallest absolute Gasteiger partial charge is 0.0514 e. The summed E-state index contributed by atoms with van der Waals surface area (Å²) in [4.78, 5) is 6.54. The van der Waals surface area contributed by atoms with E-state index < -0.39 is 10.8 Å². The topological polar surface area (TPSA) is 59.2 Å². The van der Waals surface area contributed by atoms with Gasteiger partial charge in [-0.2, -0.15) is 0 Å². The SMILES string of the molecule is CCC(N)C(c1cccnc1)N1CCS(=O)CC1. The Morgan fingerprint density at radius 1 is 1.50 bits per heavy atom. The third kappa shape index (κ3) is 3.16. The van der Waals surface area contributed by atoms with Gasteiger partial charge in [0.05, 0.1) is 6.04 Å². The summed E-state index contributed by atoms with van der Waals surface area (Å²) in [5.74, 6) is 1.51. The molecular formula is C13H21N3OS. The van der Waals surface area contributed by atoms with Crippen molar-refractivity contribution in [2.24, 2.45) is 5.73 Å². The summed E-state index contributed by atoms with van der Waals surface area (Å²) in [5, 5.41) is 0. The molecule has 1 aliphatic rings. The van der Waals surface area contributed by atoms with Crippen LogP contribution in [0.1, 0.15) is 24.9 Å². The van der Waals surface area contributed by atoms with E-state index in [0.29, 0.717) is 0 Å². The highest BCUT2D eigenvalue weighted by Gasteiger charge is 2.28. The fraction of sp³-hybridized carbons (Fsp3) is 0.615. The molecule has 0 amide bonds. The highest BCUT2D eigenvalue weighted by atomic mass is 32.2. The second-order valence-electron chi connectivity index (χ2n) is 4.69. The average Bonchev–Trinajstić information content (AvgIpc) is 2.42. The zero-order valence-corrected chi connectivity index (χ0v) is 11.6. The summed E-state index contributed by atoms with van der Waals surface area (Å²) in [6.45, 7) is 3.83. The van der Waals surface area contributed by atoms with E-state index >= 15 is 0 Å². The molecule has 1 aromatic rings. The molecule has 0 radical (unpaired) electrons. The van der Waals surface area contributed by atoms with Crippen LogP contribution >= 0.6 is 0 Å². The Morgan fingerprint density at radius 3 is 2.78 bits per heavy atom. The Bertz CT molecular complexity index is 388. The first-order chi connectivity index (χ1) is 8.72. The van der Waals surface area contributed by atoms with Gasteiger partial charge in [-0.15, -0.1) is 0 Å². The molecule has 2 rings (SSSR count). The van der Waals surface area contributed by atoms with Gasteiger partial charge in [0, 0.05) is 53.8 Å². The van der Waals surface area contributed by atoms with E-state index in [1.165, 1.54) is 5.56 Å². The first-order valence-electron chi connectivity index (χ1n) is 6.47. The van der Waals surface area contributed by atoms with E-state index in [1.54, 1.807) is 6.20 Å². The van der Waals surface area contributed by atoms with Crippen LogP contribution in [0.2, 0.25) is 0 Å². The third-order valence-corrected chi connectivity index (χ3v) is 4.78. The van der Waals surface area contributed by atoms with Crippen LogP contribution in [0.3, 0.4) is 0 Å². The van der Waals surface area contributed by atoms with Gasteiger partial charge in [-0.1, -0.05) is 13.0 Å². The minimum Gasteiger partial charge on any atom is -0.326 e. The normalized spacial score (nSPS) is 21.7. The van der Waals surface area contributed by atoms with E-state index in [-0.39, 0.29) is 12.1 Å². The van der Waals surface area contributed by atoms with E-state index in [4.69, 9.17) is 5.73 Å². The van der Waals surface area contributed by atoms with Crippen LogP contribution in [0.15, 0.2) is 24.5 Å². The van der Waals surface area contributed by atoms with Gasteiger partial charge in [0.1, 0.15) is 0 Å². The van der Waals surface area contributed by atoms with Crippen LogP contribution in [-0.2, 0) is 10.8 Å². The molecule has 5 heteroatoms. The van der Waals surface area contributed by atoms with Crippen molar-refractivity contribution in [2.75, 3.05) is 24.6 Å². The van der Waals surface area contributed by atoms with Crippen LogP contribution in [0, 0.1) is 0 Å². The molecule has 1 aliphatic heterocycles. The highest BCUT2D eigenvalue weighted by Crippen LogP contribution is 2.25. The summed E-state index contributed by atoms with van der Waals surface area (Å²) in [6.07, 6.45) is 4.61. The molecule has 2 unspecified atom stereocenters. The number of pyridine rings is 1. The van der Waals surface area contributed by atoms with Gasteiger partial charge in [-0.3, -0.25) is 14.1 Å². The number of hydrogen-bond acceptors (Lipinski definition) is 4. The monoisotopic (exact) mass is 267 g/mol. The molecule has 100 valence electrons. The number of aromatic nitrogens is 1. The molecule has 1 saturated heterocycles. The Hall–Kier alpha value is -0.780. The highest BCUT2D eigenvalue weighted by molar-refractivity contribution is 7.85. The fourth-order valence-electron chi connectivity index (χ4n) is 2.43. The molecular weight excluding hydrogens is 246 g/mol. The maximum absolute atomic E-state index is 11.4. The standard InChI is InChI=1S/C13H21N3OS/c1-2-12(14)13(11-4-3-5-15-10-11)16-6-8-18(17)9-7-16/h3-5,10,12-13H,2,6-9,14H2,1H3. The van der Waals surface area contributed by atoms with E-state index in [1.807, 2.05) is 12.3 Å². The molecule has 4 nitrogen and oxygen atoms in total.